The normalized spacial score (nSPS) is 18.8. The number of benzene rings is 1. The second-order valence-electron chi connectivity index (χ2n) is 5.39. The number of aromatic nitrogens is 1. The maximum absolute atomic E-state index is 12.9. The van der Waals surface area contributed by atoms with Gasteiger partial charge in [-0.15, -0.1) is 11.3 Å². The molecule has 1 amide bonds. The molecule has 1 aromatic carbocycles. The van der Waals surface area contributed by atoms with Gasteiger partial charge in [0, 0.05) is 23.5 Å². The zero-order valence-electron chi connectivity index (χ0n) is 11.9. The summed E-state index contributed by atoms with van der Waals surface area (Å²) in [7, 11) is 0. The van der Waals surface area contributed by atoms with Crippen LogP contribution >= 0.6 is 11.3 Å². The van der Waals surface area contributed by atoms with Crippen molar-refractivity contribution in [1.82, 2.24) is 9.88 Å². The fourth-order valence-electron chi connectivity index (χ4n) is 2.64. The predicted molar refractivity (Wildman–Crippen MR) is 81.9 cm³/mol. The molecule has 0 radical (unpaired) electrons. The molecule has 1 aliphatic rings. The van der Waals surface area contributed by atoms with Crippen molar-refractivity contribution in [2.45, 2.75) is 32.2 Å². The molecule has 1 fully saturated rings. The average molecular weight is 304 g/mol. The molecule has 5 heteroatoms. The van der Waals surface area contributed by atoms with Gasteiger partial charge in [-0.2, -0.15) is 0 Å². The lowest BCUT2D eigenvalue weighted by Gasteiger charge is -2.32. The Labute approximate surface area is 127 Å². The summed E-state index contributed by atoms with van der Waals surface area (Å²) in [5.41, 5.74) is 1.33. The van der Waals surface area contributed by atoms with E-state index in [9.17, 15) is 9.18 Å². The Kier molecular flexibility index (Phi) is 4.01. The van der Waals surface area contributed by atoms with Crippen LogP contribution in [-0.4, -0.2) is 28.4 Å². The van der Waals surface area contributed by atoms with Crippen LogP contribution in [-0.2, 0) is 0 Å². The van der Waals surface area contributed by atoms with E-state index in [-0.39, 0.29) is 17.8 Å². The van der Waals surface area contributed by atoms with Gasteiger partial charge in [0.15, 0.2) is 0 Å². The van der Waals surface area contributed by atoms with Crippen LogP contribution in [0.3, 0.4) is 0 Å². The fourth-order valence-corrected chi connectivity index (χ4v) is 3.44. The van der Waals surface area contributed by atoms with E-state index in [1.54, 1.807) is 17.5 Å². The van der Waals surface area contributed by atoms with E-state index in [2.05, 4.69) is 11.9 Å². The summed E-state index contributed by atoms with van der Waals surface area (Å²) >= 11 is 1.42. The van der Waals surface area contributed by atoms with E-state index in [4.69, 9.17) is 0 Å². The Morgan fingerprint density at radius 1 is 1.33 bits per heavy atom. The van der Waals surface area contributed by atoms with Crippen molar-refractivity contribution in [2.75, 3.05) is 6.54 Å². The van der Waals surface area contributed by atoms with Gasteiger partial charge in [-0.05, 0) is 50.5 Å². The van der Waals surface area contributed by atoms with Gasteiger partial charge in [-0.3, -0.25) is 4.79 Å². The summed E-state index contributed by atoms with van der Waals surface area (Å²) in [6, 6.07) is 6.47. The first-order chi connectivity index (χ1) is 10.1. The van der Waals surface area contributed by atoms with Gasteiger partial charge in [0.2, 0.25) is 0 Å². The molecule has 1 aliphatic heterocycles. The van der Waals surface area contributed by atoms with Crippen molar-refractivity contribution < 1.29 is 9.18 Å². The standard InChI is InChI=1S/C16H17FN2OS/c1-11-4-2-3-9-19(11)16(20)14-10-21-15(18-14)12-5-7-13(17)8-6-12/h5-8,10-11H,2-4,9H2,1H3. The highest BCUT2D eigenvalue weighted by atomic mass is 32.1. The number of halogens is 1. The Balaban J connectivity index is 1.81. The van der Waals surface area contributed by atoms with Crippen LogP contribution in [0.15, 0.2) is 29.6 Å². The smallest absolute Gasteiger partial charge is 0.273 e. The van der Waals surface area contributed by atoms with E-state index in [1.165, 1.54) is 29.9 Å². The van der Waals surface area contributed by atoms with Gasteiger partial charge in [0.1, 0.15) is 16.5 Å². The lowest BCUT2D eigenvalue weighted by molar-refractivity contribution is 0.0630. The minimum Gasteiger partial charge on any atom is -0.335 e. The number of hydrogen-bond donors (Lipinski definition) is 0. The van der Waals surface area contributed by atoms with E-state index < -0.39 is 0 Å². The third-order valence-corrected chi connectivity index (χ3v) is 4.77. The third-order valence-electron chi connectivity index (χ3n) is 3.88. The molecule has 110 valence electrons. The summed E-state index contributed by atoms with van der Waals surface area (Å²) in [5.74, 6) is -0.263. The average Bonchev–Trinajstić information content (AvgIpc) is 2.98. The molecule has 1 aromatic heterocycles. The zero-order valence-corrected chi connectivity index (χ0v) is 12.7. The van der Waals surface area contributed by atoms with Gasteiger partial charge in [-0.25, -0.2) is 9.37 Å². The first-order valence-corrected chi connectivity index (χ1v) is 8.05. The topological polar surface area (TPSA) is 33.2 Å². The highest BCUT2D eigenvalue weighted by Gasteiger charge is 2.25. The van der Waals surface area contributed by atoms with E-state index in [1.807, 2.05) is 4.90 Å². The Bertz CT molecular complexity index is 638. The lowest BCUT2D eigenvalue weighted by Crippen LogP contribution is -2.42. The molecule has 0 spiro atoms. The molecule has 0 N–H and O–H groups in total. The molecule has 0 bridgehead atoms. The lowest BCUT2D eigenvalue weighted by atomic mass is 10.0. The molecule has 0 saturated carbocycles. The molecule has 0 aliphatic carbocycles. The van der Waals surface area contributed by atoms with E-state index in [0.29, 0.717) is 5.69 Å². The Morgan fingerprint density at radius 2 is 2.10 bits per heavy atom. The monoisotopic (exact) mass is 304 g/mol. The molecule has 2 heterocycles. The minimum absolute atomic E-state index is 0.00631. The Hall–Kier alpha value is -1.75. The van der Waals surface area contributed by atoms with Crippen LogP contribution in [0.25, 0.3) is 10.6 Å². The van der Waals surface area contributed by atoms with Gasteiger partial charge in [0.05, 0.1) is 0 Å². The zero-order chi connectivity index (χ0) is 14.8. The number of hydrogen-bond acceptors (Lipinski definition) is 3. The number of carbonyl (C=O) groups is 1. The van der Waals surface area contributed by atoms with Crippen molar-refractivity contribution >= 4 is 17.2 Å². The summed E-state index contributed by atoms with van der Waals surface area (Å²) in [6.07, 6.45) is 3.30. The quantitative estimate of drug-likeness (QED) is 0.841. The maximum Gasteiger partial charge on any atom is 0.273 e. The summed E-state index contributed by atoms with van der Waals surface area (Å²) in [5, 5.41) is 2.55. The second kappa shape index (κ2) is 5.93. The first kappa shape index (κ1) is 14.2. The number of thiazole rings is 1. The fraction of sp³-hybridized carbons (Fsp3) is 0.375. The molecule has 2 aromatic rings. The largest absolute Gasteiger partial charge is 0.335 e. The predicted octanol–water partition coefficient (Wildman–Crippen LogP) is 3.96. The maximum atomic E-state index is 12.9. The van der Waals surface area contributed by atoms with Crippen molar-refractivity contribution in [2.24, 2.45) is 0 Å². The van der Waals surface area contributed by atoms with Gasteiger partial charge in [0.25, 0.3) is 5.91 Å². The second-order valence-corrected chi connectivity index (χ2v) is 6.25. The highest BCUT2D eigenvalue weighted by Crippen LogP contribution is 2.26. The summed E-state index contributed by atoms with van der Waals surface area (Å²) in [6.45, 7) is 2.90. The van der Waals surface area contributed by atoms with Crippen molar-refractivity contribution in [1.29, 1.82) is 0 Å². The van der Waals surface area contributed by atoms with Crippen molar-refractivity contribution in [3.63, 3.8) is 0 Å². The first-order valence-electron chi connectivity index (χ1n) is 7.17. The molecule has 1 atom stereocenters. The molecule has 3 nitrogen and oxygen atoms in total. The van der Waals surface area contributed by atoms with Crippen LogP contribution < -0.4 is 0 Å². The van der Waals surface area contributed by atoms with Crippen molar-refractivity contribution in [3.8, 4) is 10.6 Å². The SMILES string of the molecule is CC1CCCCN1C(=O)c1csc(-c2ccc(F)cc2)n1. The van der Waals surface area contributed by atoms with E-state index >= 15 is 0 Å². The van der Waals surface area contributed by atoms with Gasteiger partial charge < -0.3 is 4.90 Å². The van der Waals surface area contributed by atoms with E-state index in [0.717, 1.165) is 30.0 Å². The number of likely N-dealkylation sites (tertiary alicyclic amines) is 1. The molecule has 21 heavy (non-hydrogen) atoms. The van der Waals surface area contributed by atoms with Crippen molar-refractivity contribution in [3.05, 3.63) is 41.2 Å². The van der Waals surface area contributed by atoms with Gasteiger partial charge >= 0.3 is 0 Å². The Morgan fingerprint density at radius 3 is 2.81 bits per heavy atom. The summed E-state index contributed by atoms with van der Waals surface area (Å²) < 4.78 is 12.9. The van der Waals surface area contributed by atoms with Crippen LogP contribution in [0.5, 0.6) is 0 Å². The minimum atomic E-state index is -0.270. The number of amides is 1. The number of nitrogens with zero attached hydrogens (tertiary/aromatic N) is 2. The van der Waals surface area contributed by atoms with Crippen LogP contribution in [0, 0.1) is 5.82 Å². The number of carbonyl (C=O) groups excluding carboxylic acids is 1. The summed E-state index contributed by atoms with van der Waals surface area (Å²) in [4.78, 5) is 18.9. The molecule has 1 saturated heterocycles. The highest BCUT2D eigenvalue weighted by molar-refractivity contribution is 7.13. The van der Waals surface area contributed by atoms with Gasteiger partial charge in [-0.1, -0.05) is 0 Å². The van der Waals surface area contributed by atoms with Crippen LogP contribution in [0.4, 0.5) is 4.39 Å². The van der Waals surface area contributed by atoms with Crippen LogP contribution in [0.1, 0.15) is 36.7 Å². The third kappa shape index (κ3) is 2.97. The number of piperidine rings is 1. The molecular weight excluding hydrogens is 287 g/mol. The number of rotatable bonds is 2. The van der Waals surface area contributed by atoms with Crippen LogP contribution in [0.2, 0.25) is 0 Å². The molecule has 3 rings (SSSR count). The molecular formula is C16H17FN2OS. The molecule has 1 unspecified atom stereocenters.